The van der Waals surface area contributed by atoms with E-state index in [2.05, 4.69) is 25.9 Å². The van der Waals surface area contributed by atoms with Crippen molar-refractivity contribution in [3.8, 4) is 17.5 Å². The van der Waals surface area contributed by atoms with Crippen LogP contribution in [0.1, 0.15) is 11.1 Å². The van der Waals surface area contributed by atoms with E-state index in [0.717, 1.165) is 15.6 Å². The summed E-state index contributed by atoms with van der Waals surface area (Å²) in [6, 6.07) is 7.77. The molecule has 0 unspecified atom stereocenters. The molecule has 1 heterocycles. The number of hydrogen-bond donors (Lipinski definition) is 0. The molecule has 0 saturated heterocycles. The van der Waals surface area contributed by atoms with Gasteiger partial charge in [0.15, 0.2) is 11.0 Å². The Morgan fingerprint density at radius 3 is 2.82 bits per heavy atom. The van der Waals surface area contributed by atoms with Crippen LogP contribution in [0.25, 0.3) is 11.4 Å². The summed E-state index contributed by atoms with van der Waals surface area (Å²) in [6.45, 7) is 1.97. The molecule has 1 aromatic carbocycles. The smallest absolute Gasteiger partial charge is 0.161 e. The quantitative estimate of drug-likeness (QED) is 0.754. The minimum absolute atomic E-state index is 0.178. The number of rotatable bonds is 1. The summed E-state index contributed by atoms with van der Waals surface area (Å²) < 4.78 is 0.946. The highest BCUT2D eigenvalue weighted by molar-refractivity contribution is 9.10. The number of nitrogens with zero attached hydrogens (tertiary/aromatic N) is 3. The molecule has 5 heteroatoms. The average molecular weight is 309 g/mol. The zero-order valence-electron chi connectivity index (χ0n) is 8.91. The molecule has 17 heavy (non-hydrogen) atoms. The Balaban J connectivity index is 2.58. The van der Waals surface area contributed by atoms with Crippen LogP contribution in [-0.2, 0) is 0 Å². The fourth-order valence-electron chi connectivity index (χ4n) is 1.40. The Morgan fingerprint density at radius 2 is 2.18 bits per heavy atom. The van der Waals surface area contributed by atoms with Crippen LogP contribution >= 0.6 is 27.5 Å². The summed E-state index contributed by atoms with van der Waals surface area (Å²) in [5.41, 5.74) is 2.22. The number of hydrogen-bond acceptors (Lipinski definition) is 3. The van der Waals surface area contributed by atoms with Gasteiger partial charge in [-0.05, 0) is 24.6 Å². The summed E-state index contributed by atoms with van der Waals surface area (Å²) in [5.74, 6) is 0.521. The molecule has 0 aliphatic rings. The Kier molecular flexibility index (Phi) is 3.41. The van der Waals surface area contributed by atoms with Gasteiger partial charge in [0.05, 0.1) is 6.20 Å². The molecule has 2 aromatic rings. The topological polar surface area (TPSA) is 49.6 Å². The van der Waals surface area contributed by atoms with Crippen molar-refractivity contribution < 1.29 is 0 Å². The zero-order valence-corrected chi connectivity index (χ0v) is 11.2. The van der Waals surface area contributed by atoms with Crippen LogP contribution in [-0.4, -0.2) is 9.97 Å². The lowest BCUT2D eigenvalue weighted by molar-refractivity contribution is 1.15. The fraction of sp³-hybridized carbons (Fsp3) is 0.0833. The molecule has 0 atom stereocenters. The monoisotopic (exact) mass is 307 g/mol. The van der Waals surface area contributed by atoms with Crippen molar-refractivity contribution in [1.29, 1.82) is 5.26 Å². The van der Waals surface area contributed by atoms with E-state index in [-0.39, 0.29) is 10.7 Å². The van der Waals surface area contributed by atoms with Crippen molar-refractivity contribution in [2.24, 2.45) is 0 Å². The molecule has 0 saturated carbocycles. The van der Waals surface area contributed by atoms with E-state index in [9.17, 15) is 0 Å². The first-order chi connectivity index (χ1) is 8.11. The second kappa shape index (κ2) is 4.82. The molecule has 0 amide bonds. The number of halogens is 2. The van der Waals surface area contributed by atoms with Crippen molar-refractivity contribution in [3.63, 3.8) is 0 Å². The fourth-order valence-corrected chi connectivity index (χ4v) is 1.93. The largest absolute Gasteiger partial charge is 0.235 e. The van der Waals surface area contributed by atoms with Gasteiger partial charge in [0, 0.05) is 10.0 Å². The molecule has 1 aromatic heterocycles. The van der Waals surface area contributed by atoms with Crippen molar-refractivity contribution in [3.05, 3.63) is 45.1 Å². The third kappa shape index (κ3) is 2.46. The predicted octanol–water partition coefficient (Wildman–Crippen LogP) is 3.74. The van der Waals surface area contributed by atoms with E-state index in [1.165, 1.54) is 6.20 Å². The molecule has 0 bridgehead atoms. The van der Waals surface area contributed by atoms with Crippen LogP contribution in [0.4, 0.5) is 0 Å². The van der Waals surface area contributed by atoms with Gasteiger partial charge in [0.25, 0.3) is 0 Å². The first-order valence-electron chi connectivity index (χ1n) is 4.81. The van der Waals surface area contributed by atoms with Gasteiger partial charge < -0.3 is 0 Å². The minimum atomic E-state index is 0.178. The van der Waals surface area contributed by atoms with Crippen molar-refractivity contribution in [1.82, 2.24) is 9.97 Å². The van der Waals surface area contributed by atoms with Gasteiger partial charge in [-0.2, -0.15) is 5.26 Å². The van der Waals surface area contributed by atoms with E-state index >= 15 is 0 Å². The zero-order chi connectivity index (χ0) is 12.4. The summed E-state index contributed by atoms with van der Waals surface area (Å²) in [5, 5.41) is 8.93. The van der Waals surface area contributed by atoms with Crippen molar-refractivity contribution in [2.75, 3.05) is 0 Å². The molecule has 0 N–H and O–H groups in total. The van der Waals surface area contributed by atoms with E-state index in [1.807, 2.05) is 31.2 Å². The first kappa shape index (κ1) is 12.0. The molecular formula is C12H7BrClN3. The number of aryl methyl sites for hydroxylation is 1. The van der Waals surface area contributed by atoms with Gasteiger partial charge in [0.1, 0.15) is 11.6 Å². The first-order valence-corrected chi connectivity index (χ1v) is 5.98. The van der Waals surface area contributed by atoms with Crippen LogP contribution in [0.2, 0.25) is 5.15 Å². The normalized spacial score (nSPS) is 10.0. The highest BCUT2D eigenvalue weighted by Crippen LogP contribution is 2.25. The lowest BCUT2D eigenvalue weighted by Gasteiger charge is -2.05. The van der Waals surface area contributed by atoms with Crippen LogP contribution in [0.5, 0.6) is 0 Å². The van der Waals surface area contributed by atoms with Crippen molar-refractivity contribution >= 4 is 27.5 Å². The molecular weight excluding hydrogens is 302 g/mol. The SMILES string of the molecule is Cc1ccc(Br)cc1-c1ncc(C#N)c(Cl)n1. The van der Waals surface area contributed by atoms with E-state index in [0.29, 0.717) is 5.82 Å². The van der Waals surface area contributed by atoms with E-state index < -0.39 is 0 Å². The van der Waals surface area contributed by atoms with Gasteiger partial charge in [-0.3, -0.25) is 0 Å². The molecule has 0 aliphatic heterocycles. The highest BCUT2D eigenvalue weighted by atomic mass is 79.9. The molecule has 0 fully saturated rings. The summed E-state index contributed by atoms with van der Waals surface area (Å²) in [6.07, 6.45) is 1.44. The van der Waals surface area contributed by atoms with Crippen LogP contribution in [0, 0.1) is 18.3 Å². The molecule has 2 rings (SSSR count). The third-order valence-electron chi connectivity index (χ3n) is 2.30. The Bertz CT molecular complexity index is 620. The minimum Gasteiger partial charge on any atom is -0.235 e. The standard InChI is InChI=1S/C12H7BrClN3/c1-7-2-3-9(13)4-10(7)12-16-6-8(5-15)11(14)17-12/h2-4,6H,1H3. The molecule has 3 nitrogen and oxygen atoms in total. The average Bonchev–Trinajstić information content (AvgIpc) is 2.32. The molecule has 84 valence electrons. The highest BCUT2D eigenvalue weighted by Gasteiger charge is 2.09. The van der Waals surface area contributed by atoms with Gasteiger partial charge in [-0.15, -0.1) is 0 Å². The summed E-state index contributed by atoms with van der Waals surface area (Å²) in [7, 11) is 0. The van der Waals surface area contributed by atoms with Gasteiger partial charge in [0.2, 0.25) is 0 Å². The Labute approximate surface area is 112 Å². The van der Waals surface area contributed by atoms with Gasteiger partial charge in [-0.1, -0.05) is 33.6 Å². The maximum atomic E-state index is 8.76. The molecule has 0 spiro atoms. The lowest BCUT2D eigenvalue weighted by atomic mass is 10.1. The van der Waals surface area contributed by atoms with Gasteiger partial charge >= 0.3 is 0 Å². The third-order valence-corrected chi connectivity index (χ3v) is 3.08. The summed E-state index contributed by atoms with van der Waals surface area (Å²) in [4.78, 5) is 8.27. The predicted molar refractivity (Wildman–Crippen MR) is 69.6 cm³/mol. The van der Waals surface area contributed by atoms with E-state index in [1.54, 1.807) is 0 Å². The van der Waals surface area contributed by atoms with Crippen LogP contribution < -0.4 is 0 Å². The van der Waals surface area contributed by atoms with Gasteiger partial charge in [-0.25, -0.2) is 9.97 Å². The van der Waals surface area contributed by atoms with Crippen LogP contribution in [0.3, 0.4) is 0 Å². The lowest BCUT2D eigenvalue weighted by Crippen LogP contribution is -1.94. The van der Waals surface area contributed by atoms with Crippen molar-refractivity contribution in [2.45, 2.75) is 6.92 Å². The maximum Gasteiger partial charge on any atom is 0.161 e. The maximum absolute atomic E-state index is 8.76. The second-order valence-corrected chi connectivity index (χ2v) is 4.74. The second-order valence-electron chi connectivity index (χ2n) is 3.47. The van der Waals surface area contributed by atoms with Crippen LogP contribution in [0.15, 0.2) is 28.9 Å². The van der Waals surface area contributed by atoms with E-state index in [4.69, 9.17) is 16.9 Å². The Hall–Kier alpha value is -1.44. The molecule has 0 aliphatic carbocycles. The number of nitriles is 1. The Morgan fingerprint density at radius 1 is 1.41 bits per heavy atom. The molecule has 0 radical (unpaired) electrons. The summed E-state index contributed by atoms with van der Waals surface area (Å²) >= 11 is 9.29. The number of aromatic nitrogens is 2. The number of benzene rings is 1.